The number of hydrogen-bond donors (Lipinski definition) is 1. The Morgan fingerprint density at radius 3 is 2.68 bits per heavy atom. The predicted molar refractivity (Wildman–Crippen MR) is 110 cm³/mol. The Balaban J connectivity index is 1.49. The highest BCUT2D eigenvalue weighted by molar-refractivity contribution is 5.93. The van der Waals surface area contributed by atoms with Crippen molar-refractivity contribution < 1.29 is 4.79 Å². The zero-order valence-electron chi connectivity index (χ0n) is 16.6. The van der Waals surface area contributed by atoms with E-state index < -0.39 is 0 Å². The molecular formula is C21H26N6O. The second-order valence-corrected chi connectivity index (χ2v) is 7.75. The third kappa shape index (κ3) is 3.89. The van der Waals surface area contributed by atoms with Gasteiger partial charge in [-0.05, 0) is 51.9 Å². The Bertz CT molecular complexity index is 987. The molecule has 0 aromatic carbocycles. The number of nitrogens with one attached hydrogen (secondary N) is 1. The summed E-state index contributed by atoms with van der Waals surface area (Å²) in [4.78, 5) is 24.2. The Morgan fingerprint density at radius 1 is 1.21 bits per heavy atom. The van der Waals surface area contributed by atoms with Gasteiger partial charge >= 0.3 is 0 Å². The molecule has 1 amide bonds. The van der Waals surface area contributed by atoms with Crippen LogP contribution in [-0.4, -0.2) is 49.7 Å². The van der Waals surface area contributed by atoms with Gasteiger partial charge in [-0.1, -0.05) is 0 Å². The standard InChI is InChI=1S/C21H26N6O/c1-14(2)27-8-6-15(7-9-27)21(28)25-20-10-19-16(11-22-20)4-5-18(24-19)17-12-23-26(3)13-17/h4-5,10-15H,6-9H2,1-3H3,(H,22,25,28). The summed E-state index contributed by atoms with van der Waals surface area (Å²) < 4.78 is 1.75. The maximum Gasteiger partial charge on any atom is 0.228 e. The van der Waals surface area contributed by atoms with Crippen LogP contribution < -0.4 is 5.32 Å². The summed E-state index contributed by atoms with van der Waals surface area (Å²) in [5, 5.41) is 8.13. The van der Waals surface area contributed by atoms with E-state index in [9.17, 15) is 4.79 Å². The van der Waals surface area contributed by atoms with Gasteiger partial charge in [0.25, 0.3) is 0 Å². The van der Waals surface area contributed by atoms with Crippen molar-refractivity contribution in [2.45, 2.75) is 32.7 Å². The maximum absolute atomic E-state index is 12.7. The number of fused-ring (bicyclic) bond motifs is 1. The summed E-state index contributed by atoms with van der Waals surface area (Å²) >= 11 is 0. The fourth-order valence-corrected chi connectivity index (χ4v) is 3.71. The van der Waals surface area contributed by atoms with Gasteiger partial charge in [0.1, 0.15) is 5.82 Å². The predicted octanol–water partition coefficient (Wildman–Crippen LogP) is 3.09. The summed E-state index contributed by atoms with van der Waals surface area (Å²) in [6.45, 7) is 6.34. The fourth-order valence-electron chi connectivity index (χ4n) is 3.71. The number of likely N-dealkylation sites (tertiary alicyclic amines) is 1. The highest BCUT2D eigenvalue weighted by atomic mass is 16.1. The van der Waals surface area contributed by atoms with Crippen molar-refractivity contribution in [2.24, 2.45) is 13.0 Å². The number of aryl methyl sites for hydroxylation is 1. The van der Waals surface area contributed by atoms with Crippen LogP contribution in [0.15, 0.2) is 36.8 Å². The van der Waals surface area contributed by atoms with Crippen molar-refractivity contribution in [3.63, 3.8) is 0 Å². The monoisotopic (exact) mass is 378 g/mol. The van der Waals surface area contributed by atoms with Crippen LogP contribution in [0.4, 0.5) is 5.82 Å². The molecule has 0 aliphatic carbocycles. The number of pyridine rings is 2. The van der Waals surface area contributed by atoms with E-state index in [-0.39, 0.29) is 11.8 Å². The van der Waals surface area contributed by atoms with Crippen LogP contribution in [0.5, 0.6) is 0 Å². The first-order chi connectivity index (χ1) is 13.5. The lowest BCUT2D eigenvalue weighted by Crippen LogP contribution is -2.41. The average Bonchev–Trinajstić information content (AvgIpc) is 3.14. The Morgan fingerprint density at radius 2 is 2.00 bits per heavy atom. The van der Waals surface area contributed by atoms with Gasteiger partial charge < -0.3 is 10.2 Å². The van der Waals surface area contributed by atoms with E-state index in [0.717, 1.165) is 48.1 Å². The third-order valence-corrected chi connectivity index (χ3v) is 5.46. The normalized spacial score (nSPS) is 16.0. The highest BCUT2D eigenvalue weighted by Gasteiger charge is 2.26. The molecule has 3 aromatic heterocycles. The molecular weight excluding hydrogens is 352 g/mol. The minimum atomic E-state index is 0.0437. The molecule has 1 N–H and O–H groups in total. The Hall–Kier alpha value is -2.80. The quantitative estimate of drug-likeness (QED) is 0.755. The first kappa shape index (κ1) is 18.6. The lowest BCUT2D eigenvalue weighted by atomic mass is 9.95. The van der Waals surface area contributed by atoms with E-state index in [4.69, 9.17) is 4.98 Å². The molecule has 7 heteroatoms. The number of rotatable bonds is 4. The summed E-state index contributed by atoms with van der Waals surface area (Å²) in [6.07, 6.45) is 7.26. The van der Waals surface area contributed by atoms with Gasteiger partial charge in [0.05, 0.1) is 17.4 Å². The van der Waals surface area contributed by atoms with Crippen LogP contribution in [-0.2, 0) is 11.8 Å². The van der Waals surface area contributed by atoms with Crippen molar-refractivity contribution in [2.75, 3.05) is 18.4 Å². The zero-order chi connectivity index (χ0) is 19.7. The molecule has 0 unspecified atom stereocenters. The van der Waals surface area contributed by atoms with E-state index in [0.29, 0.717) is 11.9 Å². The van der Waals surface area contributed by atoms with E-state index in [1.165, 1.54) is 0 Å². The van der Waals surface area contributed by atoms with Crippen LogP contribution >= 0.6 is 0 Å². The first-order valence-corrected chi connectivity index (χ1v) is 9.80. The smallest absolute Gasteiger partial charge is 0.228 e. The average molecular weight is 378 g/mol. The minimum Gasteiger partial charge on any atom is -0.310 e. The number of piperidine rings is 1. The SMILES string of the molecule is CC(C)N1CCC(C(=O)Nc2cc3nc(-c4cnn(C)c4)ccc3cn2)CC1. The van der Waals surface area contributed by atoms with E-state index >= 15 is 0 Å². The molecule has 0 spiro atoms. The minimum absolute atomic E-state index is 0.0437. The van der Waals surface area contributed by atoms with Gasteiger partial charge in [0.2, 0.25) is 5.91 Å². The number of carbonyl (C=O) groups excluding carboxylic acids is 1. The Labute approximate surface area is 164 Å². The summed E-state index contributed by atoms with van der Waals surface area (Å²) in [7, 11) is 1.88. The van der Waals surface area contributed by atoms with Crippen molar-refractivity contribution in [3.8, 4) is 11.3 Å². The molecule has 28 heavy (non-hydrogen) atoms. The third-order valence-electron chi connectivity index (χ3n) is 5.46. The number of carbonyl (C=O) groups is 1. The van der Waals surface area contributed by atoms with Gasteiger partial charge in [-0.25, -0.2) is 9.97 Å². The van der Waals surface area contributed by atoms with E-state index in [2.05, 4.69) is 34.1 Å². The molecule has 3 aromatic rings. The molecule has 0 radical (unpaired) electrons. The summed E-state index contributed by atoms with van der Waals surface area (Å²) in [5.41, 5.74) is 2.62. The molecule has 0 bridgehead atoms. The van der Waals surface area contributed by atoms with Crippen molar-refractivity contribution in [1.29, 1.82) is 0 Å². The van der Waals surface area contributed by atoms with E-state index in [1.54, 1.807) is 17.1 Å². The van der Waals surface area contributed by atoms with Gasteiger partial charge in [0.15, 0.2) is 0 Å². The van der Waals surface area contributed by atoms with Gasteiger partial charge in [-0.15, -0.1) is 0 Å². The lowest BCUT2D eigenvalue weighted by molar-refractivity contribution is -0.121. The number of hydrogen-bond acceptors (Lipinski definition) is 5. The molecule has 0 saturated carbocycles. The molecule has 1 aliphatic rings. The summed E-state index contributed by atoms with van der Waals surface area (Å²) in [6, 6.07) is 6.33. The van der Waals surface area contributed by atoms with Crippen molar-refractivity contribution >= 4 is 22.6 Å². The molecule has 4 rings (SSSR count). The zero-order valence-corrected chi connectivity index (χ0v) is 16.6. The summed E-state index contributed by atoms with van der Waals surface area (Å²) in [5.74, 6) is 0.653. The van der Waals surface area contributed by atoms with Crippen molar-refractivity contribution in [3.05, 3.63) is 36.8 Å². The molecule has 4 heterocycles. The molecule has 146 valence electrons. The second kappa shape index (κ2) is 7.67. The number of amides is 1. The van der Waals surface area contributed by atoms with Crippen LogP contribution in [0.25, 0.3) is 22.2 Å². The number of aromatic nitrogens is 4. The molecule has 7 nitrogen and oxygen atoms in total. The molecule has 0 atom stereocenters. The molecule has 1 saturated heterocycles. The van der Waals surface area contributed by atoms with Crippen molar-refractivity contribution in [1.82, 2.24) is 24.6 Å². The van der Waals surface area contributed by atoms with E-state index in [1.807, 2.05) is 31.4 Å². The van der Waals surface area contributed by atoms with Gasteiger partial charge in [0, 0.05) is 48.4 Å². The van der Waals surface area contributed by atoms with Crippen LogP contribution in [0.1, 0.15) is 26.7 Å². The first-order valence-electron chi connectivity index (χ1n) is 9.80. The van der Waals surface area contributed by atoms with Crippen LogP contribution in [0.2, 0.25) is 0 Å². The van der Waals surface area contributed by atoms with Crippen LogP contribution in [0, 0.1) is 5.92 Å². The van der Waals surface area contributed by atoms with Gasteiger partial charge in [-0.3, -0.25) is 9.48 Å². The molecule has 1 fully saturated rings. The topological polar surface area (TPSA) is 75.9 Å². The van der Waals surface area contributed by atoms with Gasteiger partial charge in [-0.2, -0.15) is 5.10 Å². The highest BCUT2D eigenvalue weighted by Crippen LogP contribution is 2.23. The molecule has 1 aliphatic heterocycles. The fraction of sp³-hybridized carbons (Fsp3) is 0.429. The largest absolute Gasteiger partial charge is 0.310 e. The number of nitrogens with zero attached hydrogens (tertiary/aromatic N) is 5. The number of anilines is 1. The Kier molecular flexibility index (Phi) is 5.09. The maximum atomic E-state index is 12.7. The van der Waals surface area contributed by atoms with Crippen LogP contribution in [0.3, 0.4) is 0 Å². The second-order valence-electron chi connectivity index (χ2n) is 7.75. The lowest BCUT2D eigenvalue weighted by Gasteiger charge is -2.33.